The lowest BCUT2D eigenvalue weighted by Gasteiger charge is -2.29. The van der Waals surface area contributed by atoms with Crippen LogP contribution in [0.2, 0.25) is 0 Å². The molecule has 0 radical (unpaired) electrons. The predicted molar refractivity (Wildman–Crippen MR) is 117 cm³/mol. The number of benzene rings is 2. The van der Waals surface area contributed by atoms with Gasteiger partial charge in [0.05, 0.1) is 13.2 Å². The van der Waals surface area contributed by atoms with Crippen molar-refractivity contribution in [3.63, 3.8) is 0 Å². The summed E-state index contributed by atoms with van der Waals surface area (Å²) in [5, 5.41) is 0. The van der Waals surface area contributed by atoms with Crippen molar-refractivity contribution in [1.29, 1.82) is 0 Å². The van der Waals surface area contributed by atoms with Crippen LogP contribution in [-0.2, 0) is 6.42 Å². The standard InChI is InChI=1S/C26H32F4O2/c1-3-5-6-7-19-12-14-22(25(29)23(19)27)32-16-17-8-10-18(11-9-17)20-13-15-21(31-4-2)26(30)24(20)28/h12-15,17-18H,3-11,16H2,1-2H3. The average molecular weight is 453 g/mol. The van der Waals surface area contributed by atoms with Crippen LogP contribution in [0.1, 0.15) is 75.8 Å². The Bertz CT molecular complexity index is 892. The minimum Gasteiger partial charge on any atom is -0.491 e. The van der Waals surface area contributed by atoms with E-state index in [1.165, 1.54) is 12.1 Å². The predicted octanol–water partition coefficient (Wildman–Crippen LogP) is 7.73. The molecule has 0 bridgehead atoms. The third-order valence-electron chi connectivity index (χ3n) is 6.31. The largest absolute Gasteiger partial charge is 0.491 e. The van der Waals surface area contributed by atoms with E-state index in [2.05, 4.69) is 6.92 Å². The van der Waals surface area contributed by atoms with E-state index in [0.29, 0.717) is 30.4 Å². The second-order valence-electron chi connectivity index (χ2n) is 8.55. The van der Waals surface area contributed by atoms with Gasteiger partial charge in [-0.3, -0.25) is 0 Å². The Morgan fingerprint density at radius 1 is 0.750 bits per heavy atom. The fourth-order valence-electron chi connectivity index (χ4n) is 4.42. The molecule has 32 heavy (non-hydrogen) atoms. The van der Waals surface area contributed by atoms with Gasteiger partial charge in [-0.15, -0.1) is 0 Å². The van der Waals surface area contributed by atoms with Crippen molar-refractivity contribution in [2.75, 3.05) is 13.2 Å². The maximum absolute atomic E-state index is 14.5. The van der Waals surface area contributed by atoms with Gasteiger partial charge in [0.15, 0.2) is 23.1 Å². The molecule has 1 fully saturated rings. The van der Waals surface area contributed by atoms with Crippen molar-refractivity contribution in [2.24, 2.45) is 5.92 Å². The quantitative estimate of drug-likeness (QED) is 0.271. The van der Waals surface area contributed by atoms with Gasteiger partial charge in [-0.1, -0.05) is 31.9 Å². The van der Waals surface area contributed by atoms with Crippen LogP contribution in [0.4, 0.5) is 17.6 Å². The summed E-state index contributed by atoms with van der Waals surface area (Å²) in [4.78, 5) is 0. The molecular formula is C26H32F4O2. The van der Waals surface area contributed by atoms with E-state index in [1.54, 1.807) is 19.1 Å². The summed E-state index contributed by atoms with van der Waals surface area (Å²) in [6.45, 7) is 4.33. The molecule has 1 aliphatic rings. The molecular weight excluding hydrogens is 420 g/mol. The van der Waals surface area contributed by atoms with E-state index in [1.807, 2.05) is 0 Å². The molecule has 0 N–H and O–H groups in total. The first-order chi connectivity index (χ1) is 15.5. The maximum Gasteiger partial charge on any atom is 0.200 e. The fraction of sp³-hybridized carbons (Fsp3) is 0.538. The van der Waals surface area contributed by atoms with Crippen LogP contribution in [0.15, 0.2) is 24.3 Å². The summed E-state index contributed by atoms with van der Waals surface area (Å²) < 4.78 is 68.1. The van der Waals surface area contributed by atoms with Crippen LogP contribution in [0, 0.1) is 29.2 Å². The van der Waals surface area contributed by atoms with Gasteiger partial charge in [0.25, 0.3) is 0 Å². The molecule has 0 atom stereocenters. The lowest BCUT2D eigenvalue weighted by atomic mass is 9.79. The Kier molecular flexibility index (Phi) is 8.83. The highest BCUT2D eigenvalue weighted by Gasteiger charge is 2.27. The molecule has 6 heteroatoms. The first-order valence-electron chi connectivity index (χ1n) is 11.7. The Hall–Kier alpha value is -2.24. The van der Waals surface area contributed by atoms with Crippen molar-refractivity contribution in [1.82, 2.24) is 0 Å². The molecule has 176 valence electrons. The van der Waals surface area contributed by atoms with E-state index in [0.717, 1.165) is 32.1 Å². The third kappa shape index (κ3) is 5.76. The number of rotatable bonds is 10. The van der Waals surface area contributed by atoms with Crippen molar-refractivity contribution < 1.29 is 27.0 Å². The van der Waals surface area contributed by atoms with Crippen molar-refractivity contribution in [3.05, 3.63) is 58.7 Å². The van der Waals surface area contributed by atoms with Gasteiger partial charge in [-0.05, 0) is 80.5 Å². The number of ether oxygens (including phenoxy) is 2. The van der Waals surface area contributed by atoms with Crippen LogP contribution in [0.5, 0.6) is 11.5 Å². The molecule has 1 saturated carbocycles. The van der Waals surface area contributed by atoms with Crippen molar-refractivity contribution >= 4 is 0 Å². The normalized spacial score (nSPS) is 18.6. The molecule has 0 unspecified atom stereocenters. The van der Waals surface area contributed by atoms with Crippen LogP contribution < -0.4 is 9.47 Å². The summed E-state index contributed by atoms with van der Waals surface area (Å²) in [5.74, 6) is -3.58. The van der Waals surface area contributed by atoms with Crippen LogP contribution in [-0.4, -0.2) is 13.2 Å². The number of unbranched alkanes of at least 4 members (excludes halogenated alkanes) is 2. The Balaban J connectivity index is 1.54. The van der Waals surface area contributed by atoms with Gasteiger partial charge in [-0.2, -0.15) is 8.78 Å². The Morgan fingerprint density at radius 3 is 2.09 bits per heavy atom. The van der Waals surface area contributed by atoms with E-state index >= 15 is 0 Å². The summed E-state index contributed by atoms with van der Waals surface area (Å²) in [6, 6.07) is 6.19. The zero-order valence-corrected chi connectivity index (χ0v) is 18.9. The minimum absolute atomic E-state index is 0.0662. The van der Waals surface area contributed by atoms with Crippen molar-refractivity contribution in [3.8, 4) is 11.5 Å². The molecule has 0 amide bonds. The smallest absolute Gasteiger partial charge is 0.200 e. The number of hydrogen-bond donors (Lipinski definition) is 0. The monoisotopic (exact) mass is 452 g/mol. The highest BCUT2D eigenvalue weighted by atomic mass is 19.2. The van der Waals surface area contributed by atoms with Gasteiger partial charge in [-0.25, -0.2) is 8.78 Å². The van der Waals surface area contributed by atoms with E-state index < -0.39 is 23.3 Å². The molecule has 0 heterocycles. The van der Waals surface area contributed by atoms with Gasteiger partial charge in [0.1, 0.15) is 0 Å². The van der Waals surface area contributed by atoms with Crippen LogP contribution >= 0.6 is 0 Å². The molecule has 2 aromatic rings. The lowest BCUT2D eigenvalue weighted by Crippen LogP contribution is -2.20. The second-order valence-corrected chi connectivity index (χ2v) is 8.55. The number of halogens is 4. The van der Waals surface area contributed by atoms with Gasteiger partial charge < -0.3 is 9.47 Å². The summed E-state index contributed by atoms with van der Waals surface area (Å²) >= 11 is 0. The van der Waals surface area contributed by atoms with E-state index in [9.17, 15) is 17.6 Å². The number of hydrogen-bond acceptors (Lipinski definition) is 2. The first kappa shape index (κ1) is 24.4. The molecule has 0 saturated heterocycles. The lowest BCUT2D eigenvalue weighted by molar-refractivity contribution is 0.191. The second kappa shape index (κ2) is 11.6. The SMILES string of the molecule is CCCCCc1ccc(OCC2CCC(c3ccc(OCC)c(F)c3F)CC2)c(F)c1F. The zero-order chi connectivity index (χ0) is 23.1. The molecule has 3 rings (SSSR count). The first-order valence-corrected chi connectivity index (χ1v) is 11.7. The van der Waals surface area contributed by atoms with E-state index in [4.69, 9.17) is 9.47 Å². The molecule has 2 nitrogen and oxygen atoms in total. The Morgan fingerprint density at radius 2 is 1.41 bits per heavy atom. The molecule has 2 aromatic carbocycles. The topological polar surface area (TPSA) is 18.5 Å². The highest BCUT2D eigenvalue weighted by molar-refractivity contribution is 5.33. The van der Waals surface area contributed by atoms with E-state index in [-0.39, 0.29) is 36.5 Å². The minimum atomic E-state index is -0.939. The zero-order valence-electron chi connectivity index (χ0n) is 18.9. The summed E-state index contributed by atoms with van der Waals surface area (Å²) in [7, 11) is 0. The third-order valence-corrected chi connectivity index (χ3v) is 6.31. The van der Waals surface area contributed by atoms with Crippen LogP contribution in [0.3, 0.4) is 0 Å². The van der Waals surface area contributed by atoms with Crippen molar-refractivity contribution in [2.45, 2.75) is 71.1 Å². The van der Waals surface area contributed by atoms with Gasteiger partial charge in [0.2, 0.25) is 11.6 Å². The molecule has 0 aromatic heterocycles. The highest BCUT2D eigenvalue weighted by Crippen LogP contribution is 2.39. The Labute approximate surface area is 187 Å². The fourth-order valence-corrected chi connectivity index (χ4v) is 4.42. The molecule has 1 aliphatic carbocycles. The summed E-state index contributed by atoms with van der Waals surface area (Å²) in [5.41, 5.74) is 0.755. The van der Waals surface area contributed by atoms with Gasteiger partial charge in [0, 0.05) is 0 Å². The molecule has 0 aliphatic heterocycles. The van der Waals surface area contributed by atoms with Gasteiger partial charge >= 0.3 is 0 Å². The molecule has 0 spiro atoms. The number of aryl methyl sites for hydroxylation is 1. The summed E-state index contributed by atoms with van der Waals surface area (Å²) in [6.07, 6.45) is 6.22. The maximum atomic E-state index is 14.5. The average Bonchev–Trinajstić information content (AvgIpc) is 2.80. The van der Waals surface area contributed by atoms with Crippen LogP contribution in [0.25, 0.3) is 0 Å².